The van der Waals surface area contributed by atoms with E-state index in [0.717, 1.165) is 16.0 Å². The average molecular weight is 546 g/mol. The van der Waals surface area contributed by atoms with Crippen LogP contribution in [0.2, 0.25) is 0 Å². The molecule has 13 heteroatoms. The average Bonchev–Trinajstić information content (AvgIpc) is 3.49. The summed E-state index contributed by atoms with van der Waals surface area (Å²) >= 11 is 2.97. The van der Waals surface area contributed by atoms with Crippen LogP contribution < -0.4 is 10.6 Å². The Labute approximate surface area is 221 Å². The largest absolute Gasteiger partial charge is 0.465 e. The molecular weight excluding hydrogens is 517 g/mol. The maximum Gasteiger partial charge on any atom is 0.407 e. The fourth-order valence-corrected chi connectivity index (χ4v) is 5.95. The number of fused-ring (bicyclic) bond motifs is 1. The molecule has 1 atom stereocenters. The molecule has 2 amide bonds. The van der Waals surface area contributed by atoms with Crippen LogP contribution in [0.4, 0.5) is 20.3 Å². The normalized spacial score (nSPS) is 17.2. The number of likely N-dealkylation sites (tertiary alicyclic amines) is 2. The summed E-state index contributed by atoms with van der Waals surface area (Å²) in [6.45, 7) is 5.18. The molecule has 2 aliphatic heterocycles. The molecule has 10 nitrogen and oxygen atoms in total. The van der Waals surface area contributed by atoms with Gasteiger partial charge in [-0.05, 0) is 24.7 Å². The fourth-order valence-electron chi connectivity index (χ4n) is 4.74. The Morgan fingerprint density at radius 3 is 2.59 bits per heavy atom. The van der Waals surface area contributed by atoms with Crippen molar-refractivity contribution in [3.05, 3.63) is 35.9 Å². The van der Waals surface area contributed by atoms with E-state index in [4.69, 9.17) is 5.11 Å². The van der Waals surface area contributed by atoms with Crippen LogP contribution >= 0.6 is 23.1 Å². The molecular formula is C24H28FN7O3S2. The highest BCUT2D eigenvalue weighted by Gasteiger charge is 2.50. The van der Waals surface area contributed by atoms with Crippen LogP contribution in [0.5, 0.6) is 0 Å². The van der Waals surface area contributed by atoms with Crippen LogP contribution in [-0.2, 0) is 0 Å². The third-order valence-electron chi connectivity index (χ3n) is 6.83. The Morgan fingerprint density at radius 2 is 1.89 bits per heavy atom. The van der Waals surface area contributed by atoms with Crippen molar-refractivity contribution in [3.8, 4) is 0 Å². The van der Waals surface area contributed by atoms with Crippen molar-refractivity contribution in [3.63, 3.8) is 0 Å². The number of benzene rings is 1. The number of halogens is 1. The number of rotatable bonds is 8. The Morgan fingerprint density at radius 1 is 1.19 bits per heavy atom. The lowest BCUT2D eigenvalue weighted by Crippen LogP contribution is -2.59. The first kappa shape index (κ1) is 25.5. The molecule has 0 saturated carbocycles. The second-order valence-electron chi connectivity index (χ2n) is 9.75. The van der Waals surface area contributed by atoms with Crippen molar-refractivity contribution in [1.29, 1.82) is 0 Å². The van der Waals surface area contributed by atoms with E-state index in [-0.39, 0.29) is 22.8 Å². The van der Waals surface area contributed by atoms with Crippen LogP contribution in [0.15, 0.2) is 29.4 Å². The van der Waals surface area contributed by atoms with E-state index in [1.807, 2.05) is 6.26 Å². The van der Waals surface area contributed by atoms with Gasteiger partial charge >= 0.3 is 6.09 Å². The fraction of sp³-hybridized carbons (Fsp3) is 0.458. The van der Waals surface area contributed by atoms with Gasteiger partial charge in [-0.15, -0.1) is 11.8 Å². The lowest BCUT2D eigenvalue weighted by atomic mass is 9.79. The summed E-state index contributed by atoms with van der Waals surface area (Å²) in [7, 11) is 0. The Hall–Kier alpha value is -3.19. The molecule has 1 aromatic carbocycles. The maximum atomic E-state index is 14.9. The Kier molecular flexibility index (Phi) is 7.08. The number of hydrogen-bond donors (Lipinski definition) is 3. The van der Waals surface area contributed by atoms with Gasteiger partial charge in [0.2, 0.25) is 5.95 Å². The zero-order chi connectivity index (χ0) is 26.2. The number of thioether (sulfide) groups is 1. The highest BCUT2D eigenvalue weighted by molar-refractivity contribution is 7.98. The smallest absolute Gasteiger partial charge is 0.407 e. The van der Waals surface area contributed by atoms with Crippen LogP contribution in [-0.4, -0.2) is 87.4 Å². The third kappa shape index (κ3) is 5.42. The molecule has 0 unspecified atom stereocenters. The first-order valence-corrected chi connectivity index (χ1v) is 14.0. The number of carbonyl (C=O) groups excluding carboxylic acids is 1. The predicted octanol–water partition coefficient (Wildman–Crippen LogP) is 3.93. The number of nitrogens with zero attached hydrogens (tertiary/aromatic N) is 5. The second-order valence-corrected chi connectivity index (χ2v) is 11.7. The van der Waals surface area contributed by atoms with E-state index in [1.165, 1.54) is 22.3 Å². The van der Waals surface area contributed by atoms with Crippen LogP contribution in [0.1, 0.15) is 23.7 Å². The summed E-state index contributed by atoms with van der Waals surface area (Å²) in [6.07, 6.45) is 5.32. The lowest BCUT2D eigenvalue weighted by molar-refractivity contribution is 0.0169. The first-order chi connectivity index (χ1) is 17.7. The Balaban J connectivity index is 1.17. The minimum absolute atomic E-state index is 0.0271. The standard InChI is InChI=1S/C24H28FN7O3S2/c1-14(7-26-21-27-9-15(36-2)10-28-21)8-29-22-30-18-6-17(25)16(5-19(18)37-22)20(33)31-4-3-24(11-31)12-32(13-24)23(34)35/h5-6,9-10,14H,3-4,7-8,11-13H2,1-2H3,(H,29,30)(H,34,35)(H,26,27,28)/t14-/m0/s1. The van der Waals surface area contributed by atoms with Gasteiger partial charge in [0.15, 0.2) is 5.13 Å². The molecule has 5 rings (SSSR count). The molecule has 3 aromatic rings. The van der Waals surface area contributed by atoms with Crippen LogP contribution in [0, 0.1) is 17.2 Å². The summed E-state index contributed by atoms with van der Waals surface area (Å²) in [5.41, 5.74) is 0.328. The minimum atomic E-state index is -0.942. The number of aromatic nitrogens is 3. The van der Waals surface area contributed by atoms with Gasteiger partial charge in [0.1, 0.15) is 5.82 Å². The maximum absolute atomic E-state index is 14.9. The molecule has 37 heavy (non-hydrogen) atoms. The van der Waals surface area contributed by atoms with Crippen molar-refractivity contribution in [2.45, 2.75) is 18.2 Å². The number of thiazole rings is 1. The van der Waals surface area contributed by atoms with Crippen molar-refractivity contribution >= 4 is 56.4 Å². The summed E-state index contributed by atoms with van der Waals surface area (Å²) in [5, 5.41) is 16.3. The molecule has 2 saturated heterocycles. The van der Waals surface area contributed by atoms with Gasteiger partial charge in [0.05, 0.1) is 15.8 Å². The van der Waals surface area contributed by atoms with Gasteiger partial charge in [0.25, 0.3) is 5.91 Å². The topological polar surface area (TPSA) is 124 Å². The van der Waals surface area contributed by atoms with Gasteiger partial charge in [-0.25, -0.2) is 24.1 Å². The van der Waals surface area contributed by atoms with E-state index < -0.39 is 11.9 Å². The molecule has 0 aliphatic carbocycles. The lowest BCUT2D eigenvalue weighted by Gasteiger charge is -2.46. The van der Waals surface area contributed by atoms with E-state index in [2.05, 4.69) is 32.5 Å². The summed E-state index contributed by atoms with van der Waals surface area (Å²) < 4.78 is 15.6. The SMILES string of the molecule is CSc1cnc(NC[C@H](C)CNc2nc3cc(F)c(C(=O)N4CCC5(CN(C(=O)O)C5)C4)cc3s2)nc1. The number of amides is 2. The number of carbonyl (C=O) groups is 2. The summed E-state index contributed by atoms with van der Waals surface area (Å²) in [5.74, 6) is -0.130. The molecule has 1 spiro atoms. The molecule has 2 aromatic heterocycles. The number of nitrogens with one attached hydrogen (secondary N) is 2. The molecule has 196 valence electrons. The zero-order valence-electron chi connectivity index (χ0n) is 20.5. The molecule has 2 aliphatic rings. The van der Waals surface area contributed by atoms with Gasteiger partial charge in [-0.2, -0.15) is 0 Å². The van der Waals surface area contributed by atoms with Gasteiger partial charge in [0, 0.05) is 68.0 Å². The first-order valence-electron chi connectivity index (χ1n) is 12.0. The van der Waals surface area contributed by atoms with Crippen molar-refractivity contribution in [2.75, 3.05) is 56.2 Å². The van der Waals surface area contributed by atoms with Gasteiger partial charge < -0.3 is 25.5 Å². The quantitative estimate of drug-likeness (QED) is 0.361. The monoisotopic (exact) mass is 545 g/mol. The molecule has 2 fully saturated rings. The highest BCUT2D eigenvalue weighted by atomic mass is 32.2. The summed E-state index contributed by atoms with van der Waals surface area (Å²) in [6, 6.07) is 2.89. The van der Waals surface area contributed by atoms with E-state index in [0.29, 0.717) is 55.9 Å². The second kappa shape index (κ2) is 10.3. The molecule has 0 bridgehead atoms. The van der Waals surface area contributed by atoms with E-state index >= 15 is 0 Å². The van der Waals surface area contributed by atoms with Crippen LogP contribution in [0.3, 0.4) is 0 Å². The zero-order valence-corrected chi connectivity index (χ0v) is 22.2. The van der Waals surface area contributed by atoms with Crippen molar-refractivity contribution in [1.82, 2.24) is 24.8 Å². The molecule has 0 radical (unpaired) electrons. The molecule has 3 N–H and O–H groups in total. The van der Waals surface area contributed by atoms with Crippen LogP contribution in [0.25, 0.3) is 10.2 Å². The van der Waals surface area contributed by atoms with E-state index in [9.17, 15) is 14.0 Å². The molecule has 4 heterocycles. The van der Waals surface area contributed by atoms with Gasteiger partial charge in [-0.1, -0.05) is 18.3 Å². The highest BCUT2D eigenvalue weighted by Crippen LogP contribution is 2.40. The number of carboxylic acid groups (broad SMARTS) is 1. The van der Waals surface area contributed by atoms with Crippen molar-refractivity contribution in [2.24, 2.45) is 11.3 Å². The minimum Gasteiger partial charge on any atom is -0.465 e. The predicted molar refractivity (Wildman–Crippen MR) is 142 cm³/mol. The van der Waals surface area contributed by atoms with Gasteiger partial charge in [-0.3, -0.25) is 4.79 Å². The van der Waals surface area contributed by atoms with Crippen molar-refractivity contribution < 1.29 is 19.1 Å². The number of anilines is 2. The van der Waals surface area contributed by atoms with E-state index in [1.54, 1.807) is 35.1 Å². The summed E-state index contributed by atoms with van der Waals surface area (Å²) in [4.78, 5) is 41.3. The number of hydrogen-bond acceptors (Lipinski definition) is 9. The Bertz CT molecular complexity index is 1310. The third-order valence-corrected chi connectivity index (χ3v) is 8.49.